The molecule has 7 heteroatoms. The number of aromatic nitrogens is 2. The van der Waals surface area contributed by atoms with E-state index in [9.17, 15) is 4.79 Å². The molecule has 2 rings (SSSR count). The van der Waals surface area contributed by atoms with Gasteiger partial charge < -0.3 is 20.2 Å². The van der Waals surface area contributed by atoms with Crippen molar-refractivity contribution in [2.24, 2.45) is 0 Å². The zero-order chi connectivity index (χ0) is 15.2. The summed E-state index contributed by atoms with van der Waals surface area (Å²) >= 11 is 1.37. The summed E-state index contributed by atoms with van der Waals surface area (Å²) < 4.78 is 10.9. The molecule has 112 valence electrons. The van der Waals surface area contributed by atoms with Crippen molar-refractivity contribution in [1.82, 2.24) is 9.97 Å². The Morgan fingerprint density at radius 2 is 2.14 bits per heavy atom. The SMILES string of the molecule is COc1cc(C)ccc1OCCSc1nc(N)cc(=O)[nH]1. The Hall–Kier alpha value is -2.15. The summed E-state index contributed by atoms with van der Waals surface area (Å²) in [5.41, 5.74) is 6.36. The zero-order valence-electron chi connectivity index (χ0n) is 11.9. The topological polar surface area (TPSA) is 90.2 Å². The summed E-state index contributed by atoms with van der Waals surface area (Å²) in [6.07, 6.45) is 0. The molecular formula is C14H17N3O3S. The Kier molecular flexibility index (Phi) is 5.10. The van der Waals surface area contributed by atoms with Gasteiger partial charge >= 0.3 is 0 Å². The molecule has 0 spiro atoms. The van der Waals surface area contributed by atoms with Gasteiger partial charge in [0, 0.05) is 11.8 Å². The number of thioether (sulfide) groups is 1. The molecule has 0 saturated heterocycles. The van der Waals surface area contributed by atoms with Gasteiger partial charge in [0.05, 0.1) is 13.7 Å². The highest BCUT2D eigenvalue weighted by Gasteiger charge is 2.05. The van der Waals surface area contributed by atoms with Gasteiger partial charge in [-0.05, 0) is 24.6 Å². The Morgan fingerprint density at radius 3 is 2.86 bits per heavy atom. The molecule has 0 saturated carbocycles. The third-order valence-electron chi connectivity index (χ3n) is 2.64. The monoisotopic (exact) mass is 307 g/mol. The fraction of sp³-hybridized carbons (Fsp3) is 0.286. The van der Waals surface area contributed by atoms with Crippen molar-refractivity contribution in [3.05, 3.63) is 40.2 Å². The van der Waals surface area contributed by atoms with Crippen LogP contribution in [0, 0.1) is 6.92 Å². The molecule has 0 fully saturated rings. The van der Waals surface area contributed by atoms with Crippen molar-refractivity contribution in [1.29, 1.82) is 0 Å². The van der Waals surface area contributed by atoms with Gasteiger partial charge in [0.2, 0.25) is 0 Å². The maximum atomic E-state index is 11.2. The van der Waals surface area contributed by atoms with E-state index in [1.165, 1.54) is 17.8 Å². The number of nitrogen functional groups attached to an aromatic ring is 1. The average Bonchev–Trinajstić information content (AvgIpc) is 2.43. The fourth-order valence-electron chi connectivity index (χ4n) is 1.71. The Bertz CT molecular complexity index is 673. The largest absolute Gasteiger partial charge is 0.493 e. The first-order valence-corrected chi connectivity index (χ1v) is 7.34. The predicted molar refractivity (Wildman–Crippen MR) is 83.2 cm³/mol. The predicted octanol–water partition coefficient (Wildman–Crippen LogP) is 1.84. The lowest BCUT2D eigenvalue weighted by Crippen LogP contribution is -2.10. The molecule has 0 bridgehead atoms. The highest BCUT2D eigenvalue weighted by molar-refractivity contribution is 7.99. The van der Waals surface area contributed by atoms with E-state index < -0.39 is 0 Å². The van der Waals surface area contributed by atoms with E-state index in [-0.39, 0.29) is 11.4 Å². The van der Waals surface area contributed by atoms with Gasteiger partial charge in [0.1, 0.15) is 5.82 Å². The Balaban J connectivity index is 1.88. The lowest BCUT2D eigenvalue weighted by molar-refractivity contribution is 0.313. The minimum atomic E-state index is -0.258. The minimum Gasteiger partial charge on any atom is -0.493 e. The molecule has 0 aliphatic heterocycles. The van der Waals surface area contributed by atoms with Gasteiger partial charge in [0.25, 0.3) is 5.56 Å². The first-order chi connectivity index (χ1) is 10.1. The summed E-state index contributed by atoms with van der Waals surface area (Å²) in [6.45, 7) is 2.45. The molecule has 2 aromatic rings. The molecular weight excluding hydrogens is 290 g/mol. The second-order valence-electron chi connectivity index (χ2n) is 4.33. The van der Waals surface area contributed by atoms with Crippen LogP contribution in [-0.4, -0.2) is 29.4 Å². The molecule has 0 aliphatic carbocycles. The Labute approximate surface area is 126 Å². The standard InChI is InChI=1S/C14H17N3O3S/c1-9-3-4-10(11(7-9)19-2)20-5-6-21-14-16-12(15)8-13(18)17-14/h3-4,7-8H,5-6H2,1-2H3,(H3,15,16,17,18). The number of hydrogen-bond acceptors (Lipinski definition) is 6. The van der Waals surface area contributed by atoms with Crippen LogP contribution in [0.15, 0.2) is 34.2 Å². The molecule has 0 amide bonds. The van der Waals surface area contributed by atoms with Crippen LogP contribution in [0.25, 0.3) is 0 Å². The van der Waals surface area contributed by atoms with Gasteiger partial charge in [-0.1, -0.05) is 17.8 Å². The first kappa shape index (κ1) is 15.2. The van der Waals surface area contributed by atoms with E-state index in [1.54, 1.807) is 7.11 Å². The second-order valence-corrected chi connectivity index (χ2v) is 5.41. The van der Waals surface area contributed by atoms with Crippen molar-refractivity contribution in [3.8, 4) is 11.5 Å². The third-order valence-corrected chi connectivity index (χ3v) is 3.48. The number of aryl methyl sites for hydroxylation is 1. The average molecular weight is 307 g/mol. The lowest BCUT2D eigenvalue weighted by atomic mass is 10.2. The molecule has 1 aromatic carbocycles. The van der Waals surface area contributed by atoms with Crippen molar-refractivity contribution in [2.75, 3.05) is 25.2 Å². The van der Waals surface area contributed by atoms with E-state index in [4.69, 9.17) is 15.2 Å². The maximum Gasteiger partial charge on any atom is 0.253 e. The number of aromatic amines is 1. The molecule has 0 atom stereocenters. The van der Waals surface area contributed by atoms with Crippen LogP contribution in [0.3, 0.4) is 0 Å². The molecule has 1 heterocycles. The number of ether oxygens (including phenoxy) is 2. The molecule has 0 aliphatic rings. The van der Waals surface area contributed by atoms with E-state index >= 15 is 0 Å². The summed E-state index contributed by atoms with van der Waals surface area (Å²) in [4.78, 5) is 17.9. The number of benzene rings is 1. The van der Waals surface area contributed by atoms with Gasteiger partial charge in [-0.2, -0.15) is 0 Å². The number of methoxy groups -OCH3 is 1. The quantitative estimate of drug-likeness (QED) is 0.481. The minimum absolute atomic E-state index is 0.211. The molecule has 21 heavy (non-hydrogen) atoms. The number of rotatable bonds is 6. The number of nitrogens with zero attached hydrogens (tertiary/aromatic N) is 1. The number of anilines is 1. The van der Waals surface area contributed by atoms with Crippen LogP contribution < -0.4 is 20.8 Å². The van der Waals surface area contributed by atoms with Crippen LogP contribution in [0.5, 0.6) is 11.5 Å². The van der Waals surface area contributed by atoms with E-state index in [0.29, 0.717) is 29.0 Å². The van der Waals surface area contributed by atoms with Crippen LogP contribution in [0.1, 0.15) is 5.56 Å². The number of nitrogens with two attached hydrogens (primary N) is 1. The smallest absolute Gasteiger partial charge is 0.253 e. The molecule has 6 nitrogen and oxygen atoms in total. The van der Waals surface area contributed by atoms with Gasteiger partial charge in [0.15, 0.2) is 16.7 Å². The van der Waals surface area contributed by atoms with Crippen molar-refractivity contribution in [3.63, 3.8) is 0 Å². The lowest BCUT2D eigenvalue weighted by Gasteiger charge is -2.11. The fourth-order valence-corrected chi connectivity index (χ4v) is 2.41. The first-order valence-electron chi connectivity index (χ1n) is 6.35. The second kappa shape index (κ2) is 7.03. The van der Waals surface area contributed by atoms with Crippen molar-refractivity contribution < 1.29 is 9.47 Å². The van der Waals surface area contributed by atoms with Gasteiger partial charge in [-0.3, -0.25) is 4.79 Å². The summed E-state index contributed by atoms with van der Waals surface area (Å²) in [7, 11) is 1.61. The maximum absolute atomic E-state index is 11.2. The molecule has 0 radical (unpaired) electrons. The van der Waals surface area contributed by atoms with E-state index in [2.05, 4.69) is 9.97 Å². The van der Waals surface area contributed by atoms with Crippen LogP contribution in [-0.2, 0) is 0 Å². The highest BCUT2D eigenvalue weighted by Crippen LogP contribution is 2.28. The van der Waals surface area contributed by atoms with Crippen molar-refractivity contribution in [2.45, 2.75) is 12.1 Å². The van der Waals surface area contributed by atoms with Crippen molar-refractivity contribution >= 4 is 17.6 Å². The summed E-state index contributed by atoms with van der Waals surface area (Å²) in [6, 6.07) is 7.00. The summed E-state index contributed by atoms with van der Waals surface area (Å²) in [5.74, 6) is 2.24. The normalized spacial score (nSPS) is 10.4. The van der Waals surface area contributed by atoms with Gasteiger partial charge in [-0.25, -0.2) is 4.98 Å². The Morgan fingerprint density at radius 1 is 1.33 bits per heavy atom. The molecule has 0 unspecified atom stereocenters. The van der Waals surface area contributed by atoms with Gasteiger partial charge in [-0.15, -0.1) is 0 Å². The van der Waals surface area contributed by atoms with Crippen LogP contribution in [0.4, 0.5) is 5.82 Å². The molecule has 1 aromatic heterocycles. The number of hydrogen-bond donors (Lipinski definition) is 2. The van der Waals surface area contributed by atoms with Crippen LogP contribution >= 0.6 is 11.8 Å². The highest BCUT2D eigenvalue weighted by atomic mass is 32.2. The van der Waals surface area contributed by atoms with Crippen LogP contribution in [0.2, 0.25) is 0 Å². The van der Waals surface area contributed by atoms with E-state index in [0.717, 1.165) is 5.56 Å². The van der Waals surface area contributed by atoms with E-state index in [1.807, 2.05) is 25.1 Å². The third kappa shape index (κ3) is 4.42. The molecule has 3 N–H and O–H groups in total. The zero-order valence-corrected chi connectivity index (χ0v) is 12.7. The number of H-pyrrole nitrogens is 1. The summed E-state index contributed by atoms with van der Waals surface area (Å²) in [5, 5.41) is 0.486. The number of nitrogens with one attached hydrogen (secondary N) is 1.